The lowest BCUT2D eigenvalue weighted by Crippen LogP contribution is -2.29. The van der Waals surface area contributed by atoms with Crippen LogP contribution in [0.3, 0.4) is 0 Å². The summed E-state index contributed by atoms with van der Waals surface area (Å²) in [6, 6.07) is 9.04. The SMILES string of the molecule is CC(C)NCCC(C)(C)c1cccc(OC(C)C)c1. The summed E-state index contributed by atoms with van der Waals surface area (Å²) in [6.07, 6.45) is 1.34. The summed E-state index contributed by atoms with van der Waals surface area (Å²) >= 11 is 0. The third-order valence-electron chi connectivity index (χ3n) is 3.29. The first-order valence-electron chi connectivity index (χ1n) is 7.32. The lowest BCUT2D eigenvalue weighted by molar-refractivity contribution is 0.241. The second-order valence-corrected chi connectivity index (χ2v) is 6.44. The molecule has 1 rings (SSSR count). The molecule has 1 aromatic rings. The Morgan fingerprint density at radius 2 is 1.84 bits per heavy atom. The molecule has 0 saturated heterocycles. The van der Waals surface area contributed by atoms with E-state index in [9.17, 15) is 0 Å². The Bertz CT molecular complexity index is 383. The molecule has 0 saturated carbocycles. The zero-order valence-corrected chi connectivity index (χ0v) is 13.3. The van der Waals surface area contributed by atoms with Crippen LogP contribution in [0.4, 0.5) is 0 Å². The van der Waals surface area contributed by atoms with E-state index in [4.69, 9.17) is 4.74 Å². The Kier molecular flexibility index (Phi) is 5.86. The van der Waals surface area contributed by atoms with Crippen molar-refractivity contribution in [2.24, 2.45) is 0 Å². The Labute approximate surface area is 118 Å². The molecule has 0 aromatic heterocycles. The first kappa shape index (κ1) is 16.0. The Morgan fingerprint density at radius 3 is 2.42 bits per heavy atom. The minimum Gasteiger partial charge on any atom is -0.491 e. The van der Waals surface area contributed by atoms with E-state index in [0.29, 0.717) is 6.04 Å². The van der Waals surface area contributed by atoms with Gasteiger partial charge in [-0.25, -0.2) is 0 Å². The van der Waals surface area contributed by atoms with E-state index in [-0.39, 0.29) is 11.5 Å². The van der Waals surface area contributed by atoms with E-state index in [0.717, 1.165) is 18.7 Å². The highest BCUT2D eigenvalue weighted by atomic mass is 16.5. The number of ether oxygens (including phenoxy) is 1. The predicted octanol–water partition coefficient (Wildman–Crippen LogP) is 4.14. The van der Waals surface area contributed by atoms with E-state index < -0.39 is 0 Å². The van der Waals surface area contributed by atoms with Crippen LogP contribution in [0.2, 0.25) is 0 Å². The summed E-state index contributed by atoms with van der Waals surface area (Å²) in [4.78, 5) is 0. The summed E-state index contributed by atoms with van der Waals surface area (Å²) in [5, 5.41) is 3.49. The van der Waals surface area contributed by atoms with E-state index in [1.165, 1.54) is 5.56 Å². The van der Waals surface area contributed by atoms with Crippen molar-refractivity contribution in [2.75, 3.05) is 6.54 Å². The first-order valence-corrected chi connectivity index (χ1v) is 7.32. The second-order valence-electron chi connectivity index (χ2n) is 6.44. The molecule has 0 atom stereocenters. The normalized spacial score (nSPS) is 12.2. The predicted molar refractivity (Wildman–Crippen MR) is 83.0 cm³/mol. The van der Waals surface area contributed by atoms with Crippen molar-refractivity contribution in [2.45, 2.75) is 65.5 Å². The molecule has 0 bridgehead atoms. The third kappa shape index (κ3) is 5.65. The van der Waals surface area contributed by atoms with Gasteiger partial charge in [0, 0.05) is 6.04 Å². The smallest absolute Gasteiger partial charge is 0.119 e. The molecule has 0 aliphatic carbocycles. The fraction of sp³-hybridized carbons (Fsp3) is 0.647. The van der Waals surface area contributed by atoms with Crippen LogP contribution in [0.5, 0.6) is 5.75 Å². The molecular formula is C17H29NO. The minimum absolute atomic E-state index is 0.165. The van der Waals surface area contributed by atoms with Gasteiger partial charge in [0.2, 0.25) is 0 Å². The highest BCUT2D eigenvalue weighted by molar-refractivity contribution is 5.33. The van der Waals surface area contributed by atoms with Crippen molar-refractivity contribution in [1.82, 2.24) is 5.32 Å². The maximum absolute atomic E-state index is 5.78. The largest absolute Gasteiger partial charge is 0.491 e. The lowest BCUT2D eigenvalue weighted by Gasteiger charge is -2.26. The van der Waals surface area contributed by atoms with Crippen molar-refractivity contribution in [3.63, 3.8) is 0 Å². The molecule has 0 radical (unpaired) electrons. The average Bonchev–Trinajstić information content (AvgIpc) is 2.27. The summed E-state index contributed by atoms with van der Waals surface area (Å²) in [5.41, 5.74) is 1.51. The zero-order valence-electron chi connectivity index (χ0n) is 13.3. The molecule has 1 N–H and O–H groups in total. The standard InChI is InChI=1S/C17H29NO/c1-13(2)18-11-10-17(5,6)15-8-7-9-16(12-15)19-14(3)4/h7-9,12-14,18H,10-11H2,1-6H3. The maximum atomic E-state index is 5.78. The molecule has 0 aliphatic rings. The van der Waals surface area contributed by atoms with Gasteiger partial charge >= 0.3 is 0 Å². The lowest BCUT2D eigenvalue weighted by atomic mass is 9.81. The Balaban J connectivity index is 2.71. The van der Waals surface area contributed by atoms with Gasteiger partial charge in [-0.2, -0.15) is 0 Å². The monoisotopic (exact) mass is 263 g/mol. The van der Waals surface area contributed by atoms with Crippen molar-refractivity contribution in [1.29, 1.82) is 0 Å². The number of benzene rings is 1. The van der Waals surface area contributed by atoms with Crippen LogP contribution in [0.1, 0.15) is 53.5 Å². The summed E-state index contributed by atoms with van der Waals surface area (Å²) < 4.78 is 5.78. The summed E-state index contributed by atoms with van der Waals surface area (Å²) in [7, 11) is 0. The minimum atomic E-state index is 0.165. The van der Waals surface area contributed by atoms with Gasteiger partial charge < -0.3 is 10.1 Å². The Hall–Kier alpha value is -1.02. The number of hydrogen-bond donors (Lipinski definition) is 1. The molecule has 0 aliphatic heterocycles. The van der Waals surface area contributed by atoms with Crippen LogP contribution in [0.15, 0.2) is 24.3 Å². The molecule has 19 heavy (non-hydrogen) atoms. The first-order chi connectivity index (χ1) is 8.81. The van der Waals surface area contributed by atoms with Gasteiger partial charge in [0.15, 0.2) is 0 Å². The van der Waals surface area contributed by atoms with Crippen LogP contribution < -0.4 is 10.1 Å². The molecule has 108 valence electrons. The van der Waals surface area contributed by atoms with Gasteiger partial charge in [-0.1, -0.05) is 39.8 Å². The van der Waals surface area contributed by atoms with Gasteiger partial charge in [-0.15, -0.1) is 0 Å². The molecule has 0 heterocycles. The van der Waals surface area contributed by atoms with Gasteiger partial charge in [-0.3, -0.25) is 0 Å². The third-order valence-corrected chi connectivity index (χ3v) is 3.29. The number of nitrogens with one attached hydrogen (secondary N) is 1. The summed E-state index contributed by atoms with van der Waals surface area (Å²) in [5.74, 6) is 0.970. The van der Waals surface area contributed by atoms with Gasteiger partial charge in [0.25, 0.3) is 0 Å². The fourth-order valence-electron chi connectivity index (χ4n) is 2.08. The molecule has 2 heteroatoms. The van der Waals surface area contributed by atoms with Crippen LogP contribution in [-0.2, 0) is 5.41 Å². The quantitative estimate of drug-likeness (QED) is 0.798. The highest BCUT2D eigenvalue weighted by Gasteiger charge is 2.20. The van der Waals surface area contributed by atoms with Crippen molar-refractivity contribution in [3.05, 3.63) is 29.8 Å². The maximum Gasteiger partial charge on any atom is 0.119 e. The topological polar surface area (TPSA) is 21.3 Å². The van der Waals surface area contributed by atoms with Crippen molar-refractivity contribution >= 4 is 0 Å². The molecule has 0 spiro atoms. The molecule has 1 aromatic carbocycles. The number of hydrogen-bond acceptors (Lipinski definition) is 2. The van der Waals surface area contributed by atoms with Crippen LogP contribution >= 0.6 is 0 Å². The van der Waals surface area contributed by atoms with Crippen LogP contribution in [-0.4, -0.2) is 18.7 Å². The molecule has 2 nitrogen and oxygen atoms in total. The Morgan fingerprint density at radius 1 is 1.16 bits per heavy atom. The molecule has 0 unspecified atom stereocenters. The van der Waals surface area contributed by atoms with E-state index in [2.05, 4.69) is 65.1 Å². The molecule has 0 amide bonds. The summed E-state index contributed by atoms with van der Waals surface area (Å²) in [6.45, 7) is 14.1. The highest BCUT2D eigenvalue weighted by Crippen LogP contribution is 2.29. The van der Waals surface area contributed by atoms with E-state index in [1.54, 1.807) is 0 Å². The zero-order chi connectivity index (χ0) is 14.5. The van der Waals surface area contributed by atoms with Gasteiger partial charge in [0.1, 0.15) is 5.75 Å². The van der Waals surface area contributed by atoms with Crippen molar-refractivity contribution in [3.8, 4) is 5.75 Å². The van der Waals surface area contributed by atoms with Gasteiger partial charge in [-0.05, 0) is 49.9 Å². The molecule has 0 fully saturated rings. The van der Waals surface area contributed by atoms with E-state index in [1.807, 2.05) is 6.07 Å². The van der Waals surface area contributed by atoms with Crippen molar-refractivity contribution < 1.29 is 4.74 Å². The molecular weight excluding hydrogens is 234 g/mol. The van der Waals surface area contributed by atoms with Crippen LogP contribution in [0, 0.1) is 0 Å². The average molecular weight is 263 g/mol. The second kappa shape index (κ2) is 6.95. The fourth-order valence-corrected chi connectivity index (χ4v) is 2.08. The van der Waals surface area contributed by atoms with Crippen LogP contribution in [0.25, 0.3) is 0 Å². The number of rotatable bonds is 7. The van der Waals surface area contributed by atoms with E-state index >= 15 is 0 Å². The van der Waals surface area contributed by atoms with Gasteiger partial charge in [0.05, 0.1) is 6.10 Å².